The molecule has 1 aliphatic carbocycles. The molecule has 5 atom stereocenters. The van der Waals surface area contributed by atoms with Crippen LogP contribution >= 0.6 is 0 Å². The summed E-state index contributed by atoms with van der Waals surface area (Å²) in [6, 6.07) is 2.10. The molecule has 10 heteroatoms. The van der Waals surface area contributed by atoms with E-state index in [-0.39, 0.29) is 5.90 Å². The molecule has 1 aromatic rings. The van der Waals surface area contributed by atoms with Crippen molar-refractivity contribution in [1.82, 2.24) is 14.5 Å². The summed E-state index contributed by atoms with van der Waals surface area (Å²) in [6.07, 6.45) is 2.94. The average molecular weight is 455 g/mol. The third-order valence-electron chi connectivity index (χ3n) is 6.90. The minimum atomic E-state index is -3.88. The van der Waals surface area contributed by atoms with Crippen molar-refractivity contribution >= 4 is 16.1 Å². The topological polar surface area (TPSA) is 103 Å². The zero-order chi connectivity index (χ0) is 22.3. The smallest absolute Gasteiger partial charge is 0.295 e. The fourth-order valence-electron chi connectivity index (χ4n) is 5.14. The molecule has 8 nitrogen and oxygen atoms in total. The summed E-state index contributed by atoms with van der Waals surface area (Å²) < 4.78 is 51.1. The number of benzene rings is 1. The molecular formula is C21H31FN4O4S. The summed E-state index contributed by atoms with van der Waals surface area (Å²) in [5.74, 6) is -0.301. The van der Waals surface area contributed by atoms with Crippen molar-refractivity contribution in [3.63, 3.8) is 0 Å². The van der Waals surface area contributed by atoms with Gasteiger partial charge in [0.15, 0.2) is 0 Å². The third kappa shape index (κ3) is 4.57. The molecule has 0 amide bonds. The minimum absolute atomic E-state index is 0.0129. The van der Waals surface area contributed by atoms with Gasteiger partial charge in [-0.2, -0.15) is 17.4 Å². The predicted molar refractivity (Wildman–Crippen MR) is 115 cm³/mol. The summed E-state index contributed by atoms with van der Waals surface area (Å²) in [6.45, 7) is 6.40. The number of aryl methyl sites for hydroxylation is 1. The summed E-state index contributed by atoms with van der Waals surface area (Å²) in [5, 5.41) is 13.7. The molecule has 0 aromatic heterocycles. The van der Waals surface area contributed by atoms with Crippen molar-refractivity contribution in [2.24, 2.45) is 16.9 Å². The fraction of sp³-hybridized carbons (Fsp3) is 0.667. The van der Waals surface area contributed by atoms with Gasteiger partial charge in [0.05, 0.1) is 0 Å². The number of rotatable bonds is 6. The quantitative estimate of drug-likeness (QED) is 0.611. The molecule has 2 bridgehead atoms. The first-order valence-corrected chi connectivity index (χ1v) is 12.3. The molecular weight excluding hydrogens is 423 g/mol. The van der Waals surface area contributed by atoms with Crippen LogP contribution in [0.25, 0.3) is 0 Å². The molecule has 3 aliphatic rings. The van der Waals surface area contributed by atoms with E-state index in [1.165, 1.54) is 10.4 Å². The lowest BCUT2D eigenvalue weighted by Crippen LogP contribution is -2.54. The maximum absolute atomic E-state index is 14.8. The molecule has 2 fully saturated rings. The van der Waals surface area contributed by atoms with Gasteiger partial charge < -0.3 is 9.84 Å². The maximum Gasteiger partial charge on any atom is 0.295 e. The van der Waals surface area contributed by atoms with E-state index in [2.05, 4.69) is 15.2 Å². The van der Waals surface area contributed by atoms with Crippen molar-refractivity contribution in [1.29, 1.82) is 0 Å². The van der Waals surface area contributed by atoms with Gasteiger partial charge in [-0.25, -0.2) is 9.82 Å². The number of ether oxygens (including phenoxy) is 1. The number of aliphatic hydroxyl groups excluding tert-OH is 1. The van der Waals surface area contributed by atoms with Crippen molar-refractivity contribution in [2.75, 3.05) is 13.1 Å². The second kappa shape index (κ2) is 8.65. The van der Waals surface area contributed by atoms with Crippen LogP contribution in [0.15, 0.2) is 17.2 Å². The Hall–Kier alpha value is -1.75. The Morgan fingerprint density at radius 1 is 1.29 bits per heavy atom. The van der Waals surface area contributed by atoms with Crippen molar-refractivity contribution in [3.8, 4) is 0 Å². The van der Waals surface area contributed by atoms with Gasteiger partial charge in [-0.05, 0) is 67.7 Å². The second-order valence-corrected chi connectivity index (χ2v) is 10.8. The van der Waals surface area contributed by atoms with Crippen LogP contribution in [-0.2, 0) is 14.9 Å². The molecule has 1 saturated heterocycles. The van der Waals surface area contributed by atoms with Gasteiger partial charge >= 0.3 is 0 Å². The van der Waals surface area contributed by atoms with Crippen LogP contribution in [0, 0.1) is 31.5 Å². The maximum atomic E-state index is 14.8. The largest absolute Gasteiger partial charge is 0.429 e. The van der Waals surface area contributed by atoms with Crippen LogP contribution in [-0.4, -0.2) is 49.3 Å². The highest BCUT2D eigenvalue weighted by Gasteiger charge is 2.41. The fourth-order valence-corrected chi connectivity index (χ4v) is 6.73. The monoisotopic (exact) mass is 454 g/mol. The minimum Gasteiger partial charge on any atom is -0.429 e. The number of hydrazone groups is 1. The van der Waals surface area contributed by atoms with Crippen LogP contribution in [0.5, 0.6) is 0 Å². The molecule has 2 heterocycles. The Morgan fingerprint density at radius 2 is 1.97 bits per heavy atom. The third-order valence-corrected chi connectivity index (χ3v) is 8.43. The molecule has 31 heavy (non-hydrogen) atoms. The zero-order valence-electron chi connectivity index (χ0n) is 18.1. The van der Waals surface area contributed by atoms with Crippen molar-refractivity contribution in [3.05, 3.63) is 34.6 Å². The van der Waals surface area contributed by atoms with E-state index >= 15 is 0 Å². The van der Waals surface area contributed by atoms with E-state index in [0.717, 1.165) is 36.8 Å². The Bertz CT molecular complexity index is 958. The van der Waals surface area contributed by atoms with Crippen molar-refractivity contribution in [2.45, 2.75) is 64.8 Å². The molecule has 172 valence electrons. The average Bonchev–Trinajstić information content (AvgIpc) is 3.15. The number of piperidine rings is 1. The van der Waals surface area contributed by atoms with E-state index in [9.17, 15) is 17.9 Å². The van der Waals surface area contributed by atoms with Gasteiger partial charge in [0.2, 0.25) is 5.90 Å². The number of aliphatic hydroxyl groups is 1. The van der Waals surface area contributed by atoms with Gasteiger partial charge in [-0.3, -0.25) is 0 Å². The van der Waals surface area contributed by atoms with E-state index in [4.69, 9.17) is 4.74 Å². The Kier molecular flexibility index (Phi) is 6.26. The standard InChI is InChI=1S/C21H31FN4O4S/c1-12-7-8-17(22)18(13(12)2)14(3)19(20-23-24-21(27)30-20)25-31(28,29)26-10-15-5-4-6-16(9-15)11-26/h7-8,14-16,19,21,24-25,27H,4-6,9-11H2,1-3H3/t14-,15?,16?,19-,21?/m0/s1. The van der Waals surface area contributed by atoms with E-state index in [0.29, 0.717) is 30.5 Å². The second-order valence-electron chi connectivity index (χ2n) is 9.06. The summed E-state index contributed by atoms with van der Waals surface area (Å²) in [5.41, 5.74) is 4.42. The highest BCUT2D eigenvalue weighted by atomic mass is 32.2. The molecule has 3 unspecified atom stereocenters. The summed E-state index contributed by atoms with van der Waals surface area (Å²) >= 11 is 0. The van der Waals surface area contributed by atoms with Gasteiger partial charge in [-0.15, -0.1) is 5.10 Å². The number of halogens is 1. The molecule has 0 radical (unpaired) electrons. The van der Waals surface area contributed by atoms with Crippen LogP contribution in [0.4, 0.5) is 4.39 Å². The zero-order valence-corrected chi connectivity index (χ0v) is 19.0. The normalized spacial score (nSPS) is 28.4. The summed E-state index contributed by atoms with van der Waals surface area (Å²) in [4.78, 5) is 0. The van der Waals surface area contributed by atoms with Crippen LogP contribution in [0.3, 0.4) is 0 Å². The van der Waals surface area contributed by atoms with Gasteiger partial charge in [0, 0.05) is 19.0 Å². The van der Waals surface area contributed by atoms with Crippen molar-refractivity contribution < 1.29 is 22.7 Å². The first-order chi connectivity index (χ1) is 14.7. The molecule has 2 aliphatic heterocycles. The SMILES string of the molecule is Cc1ccc(F)c([C@H](C)[C@H](NS(=O)(=O)N2CC3CCCC(C3)C2)C2=NNC(O)O2)c1C. The summed E-state index contributed by atoms with van der Waals surface area (Å²) in [7, 11) is -3.88. The first-order valence-electron chi connectivity index (χ1n) is 10.9. The van der Waals surface area contributed by atoms with Crippen LogP contribution < -0.4 is 10.1 Å². The predicted octanol–water partition coefficient (Wildman–Crippen LogP) is 2.08. The van der Waals surface area contributed by atoms with E-state index < -0.39 is 34.4 Å². The number of nitrogens with one attached hydrogen (secondary N) is 2. The van der Waals surface area contributed by atoms with Crippen LogP contribution in [0.2, 0.25) is 0 Å². The number of nitrogens with zero attached hydrogens (tertiary/aromatic N) is 2. The highest BCUT2D eigenvalue weighted by Crippen LogP contribution is 2.36. The molecule has 3 N–H and O–H groups in total. The number of hydrogen-bond donors (Lipinski definition) is 3. The molecule has 1 saturated carbocycles. The molecule has 1 aromatic carbocycles. The van der Waals surface area contributed by atoms with Crippen LogP contribution in [0.1, 0.15) is 55.2 Å². The first kappa shape index (κ1) is 22.4. The van der Waals surface area contributed by atoms with E-state index in [1.807, 2.05) is 13.8 Å². The lowest BCUT2D eigenvalue weighted by molar-refractivity contribution is -0.0359. The van der Waals surface area contributed by atoms with E-state index in [1.54, 1.807) is 13.0 Å². The lowest BCUT2D eigenvalue weighted by Gasteiger charge is -2.41. The Labute approximate surface area is 183 Å². The number of hydrogen-bond acceptors (Lipinski definition) is 6. The number of fused-ring (bicyclic) bond motifs is 2. The molecule has 4 rings (SSSR count). The molecule has 0 spiro atoms. The van der Waals surface area contributed by atoms with Gasteiger partial charge in [0.1, 0.15) is 11.9 Å². The van der Waals surface area contributed by atoms with Gasteiger partial charge in [0.25, 0.3) is 16.6 Å². The Balaban J connectivity index is 1.64. The Morgan fingerprint density at radius 3 is 2.58 bits per heavy atom. The lowest BCUT2D eigenvalue weighted by atomic mass is 9.79. The van der Waals surface area contributed by atoms with Gasteiger partial charge in [-0.1, -0.05) is 19.4 Å². The highest BCUT2D eigenvalue weighted by molar-refractivity contribution is 7.87.